The highest BCUT2D eigenvalue weighted by Gasteiger charge is 2.27. The van der Waals surface area contributed by atoms with Gasteiger partial charge in [0.05, 0.1) is 14.7 Å². The van der Waals surface area contributed by atoms with Crippen molar-refractivity contribution in [2.75, 3.05) is 19.6 Å². The van der Waals surface area contributed by atoms with Crippen molar-refractivity contribution in [3.63, 3.8) is 0 Å². The zero-order valence-corrected chi connectivity index (χ0v) is 11.1. The predicted octanol–water partition coefficient (Wildman–Crippen LogP) is 1.40. The Labute approximate surface area is 109 Å². The molecule has 1 N–H and O–H groups in total. The van der Waals surface area contributed by atoms with Crippen molar-refractivity contribution < 1.29 is 9.72 Å². The molecule has 0 bridgehead atoms. The number of aryl methyl sites for hydroxylation is 1. The standard InChI is InChI=1S/C11H15N3O3S/c1-7-6-12-3-4-13(7)11(15)10-5-9(14(16)17)8(2)18-10/h5,7,12H,3-4,6H2,1-2H3/t7-/m1/s1. The maximum Gasteiger partial charge on any atom is 0.283 e. The summed E-state index contributed by atoms with van der Waals surface area (Å²) in [6.45, 7) is 5.81. The molecule has 18 heavy (non-hydrogen) atoms. The lowest BCUT2D eigenvalue weighted by atomic mass is 10.2. The van der Waals surface area contributed by atoms with Crippen molar-refractivity contribution in [1.29, 1.82) is 0 Å². The van der Waals surface area contributed by atoms with Crippen LogP contribution in [0.5, 0.6) is 0 Å². The molecule has 6 nitrogen and oxygen atoms in total. The first-order valence-corrected chi connectivity index (χ1v) is 6.59. The number of amides is 1. The number of rotatable bonds is 2. The summed E-state index contributed by atoms with van der Waals surface area (Å²) in [7, 11) is 0. The van der Waals surface area contributed by atoms with Crippen LogP contribution in [0.3, 0.4) is 0 Å². The van der Waals surface area contributed by atoms with E-state index in [1.54, 1.807) is 11.8 Å². The average Bonchev–Trinajstić information content (AvgIpc) is 2.71. The number of hydrogen-bond acceptors (Lipinski definition) is 5. The van der Waals surface area contributed by atoms with Gasteiger partial charge in [0.15, 0.2) is 0 Å². The Morgan fingerprint density at radius 1 is 1.67 bits per heavy atom. The predicted molar refractivity (Wildman–Crippen MR) is 69.1 cm³/mol. The molecule has 0 spiro atoms. The molecule has 0 unspecified atom stereocenters. The largest absolute Gasteiger partial charge is 0.333 e. The minimum Gasteiger partial charge on any atom is -0.333 e. The third-order valence-corrected chi connectivity index (χ3v) is 4.09. The van der Waals surface area contributed by atoms with E-state index in [1.807, 2.05) is 6.92 Å². The van der Waals surface area contributed by atoms with Gasteiger partial charge in [-0.05, 0) is 13.8 Å². The smallest absolute Gasteiger partial charge is 0.283 e. The van der Waals surface area contributed by atoms with E-state index in [-0.39, 0.29) is 17.6 Å². The van der Waals surface area contributed by atoms with Gasteiger partial charge in [-0.25, -0.2) is 0 Å². The first-order valence-electron chi connectivity index (χ1n) is 5.77. The van der Waals surface area contributed by atoms with Crippen LogP contribution in [0.25, 0.3) is 0 Å². The fourth-order valence-corrected chi connectivity index (χ4v) is 2.99. The molecule has 0 aromatic carbocycles. The van der Waals surface area contributed by atoms with E-state index in [4.69, 9.17) is 0 Å². The highest BCUT2D eigenvalue weighted by atomic mass is 32.1. The zero-order valence-electron chi connectivity index (χ0n) is 10.3. The molecule has 1 aromatic rings. The third-order valence-electron chi connectivity index (χ3n) is 3.06. The number of nitrogens with zero attached hydrogens (tertiary/aromatic N) is 2. The molecule has 2 heterocycles. The molecule has 1 aliphatic heterocycles. The second-order valence-electron chi connectivity index (χ2n) is 4.36. The molecule has 1 fully saturated rings. The summed E-state index contributed by atoms with van der Waals surface area (Å²) in [6, 6.07) is 1.50. The number of thiophene rings is 1. The average molecular weight is 269 g/mol. The number of carbonyl (C=O) groups is 1. The highest BCUT2D eigenvalue weighted by molar-refractivity contribution is 7.14. The maximum atomic E-state index is 12.3. The summed E-state index contributed by atoms with van der Waals surface area (Å²) in [5.41, 5.74) is 0.0335. The molecule has 0 radical (unpaired) electrons. The van der Waals surface area contributed by atoms with Crippen LogP contribution in [-0.4, -0.2) is 41.4 Å². The van der Waals surface area contributed by atoms with Crippen LogP contribution >= 0.6 is 11.3 Å². The van der Waals surface area contributed by atoms with Crippen molar-refractivity contribution in [3.05, 3.63) is 25.9 Å². The highest BCUT2D eigenvalue weighted by Crippen LogP contribution is 2.29. The Balaban J connectivity index is 2.23. The lowest BCUT2D eigenvalue weighted by Gasteiger charge is -2.33. The topological polar surface area (TPSA) is 75.5 Å². The van der Waals surface area contributed by atoms with Gasteiger partial charge in [0.2, 0.25) is 0 Å². The number of hydrogen-bond donors (Lipinski definition) is 1. The van der Waals surface area contributed by atoms with E-state index in [9.17, 15) is 14.9 Å². The molecule has 1 atom stereocenters. The molecule has 1 saturated heterocycles. The van der Waals surface area contributed by atoms with Crippen LogP contribution in [0, 0.1) is 17.0 Å². The minimum absolute atomic E-state index is 0.0335. The summed E-state index contributed by atoms with van der Waals surface area (Å²) in [4.78, 5) is 25.4. The molecule has 1 amide bonds. The lowest BCUT2D eigenvalue weighted by Crippen LogP contribution is -2.52. The molecule has 0 aliphatic carbocycles. The van der Waals surface area contributed by atoms with Gasteiger partial charge in [-0.15, -0.1) is 11.3 Å². The summed E-state index contributed by atoms with van der Waals surface area (Å²) < 4.78 is 0. The van der Waals surface area contributed by atoms with Gasteiger partial charge in [0.25, 0.3) is 11.6 Å². The van der Waals surface area contributed by atoms with E-state index in [1.165, 1.54) is 17.4 Å². The Bertz CT molecular complexity index is 486. The quantitative estimate of drug-likeness (QED) is 0.650. The maximum absolute atomic E-state index is 12.3. The van der Waals surface area contributed by atoms with Crippen molar-refractivity contribution in [1.82, 2.24) is 10.2 Å². The Kier molecular flexibility index (Phi) is 3.63. The van der Waals surface area contributed by atoms with Gasteiger partial charge in [-0.3, -0.25) is 14.9 Å². The summed E-state index contributed by atoms with van der Waals surface area (Å²) in [5.74, 6) is -0.106. The van der Waals surface area contributed by atoms with E-state index in [0.717, 1.165) is 13.1 Å². The molecule has 2 rings (SSSR count). The minimum atomic E-state index is -0.441. The summed E-state index contributed by atoms with van der Waals surface area (Å²) in [6.07, 6.45) is 0. The van der Waals surface area contributed by atoms with Crippen molar-refractivity contribution in [2.45, 2.75) is 19.9 Å². The SMILES string of the molecule is Cc1sc(C(=O)N2CCNC[C@H]2C)cc1[N+](=O)[O-]. The van der Waals surface area contributed by atoms with Crippen LogP contribution in [0.4, 0.5) is 5.69 Å². The van der Waals surface area contributed by atoms with Gasteiger partial charge in [0, 0.05) is 31.7 Å². The number of nitro groups is 1. The normalized spacial score (nSPS) is 19.9. The van der Waals surface area contributed by atoms with Crippen LogP contribution in [0.2, 0.25) is 0 Å². The van der Waals surface area contributed by atoms with E-state index in [2.05, 4.69) is 5.32 Å². The summed E-state index contributed by atoms with van der Waals surface area (Å²) in [5, 5.41) is 14.0. The van der Waals surface area contributed by atoms with Gasteiger partial charge in [-0.2, -0.15) is 0 Å². The molecule has 0 saturated carbocycles. The number of piperazine rings is 1. The number of nitrogens with one attached hydrogen (secondary N) is 1. The van der Waals surface area contributed by atoms with Crippen LogP contribution < -0.4 is 5.32 Å². The van der Waals surface area contributed by atoms with Gasteiger partial charge in [-0.1, -0.05) is 0 Å². The monoisotopic (exact) mass is 269 g/mol. The van der Waals surface area contributed by atoms with Crippen LogP contribution in [-0.2, 0) is 0 Å². The fraction of sp³-hybridized carbons (Fsp3) is 0.545. The summed E-state index contributed by atoms with van der Waals surface area (Å²) >= 11 is 1.19. The first-order chi connectivity index (χ1) is 8.50. The van der Waals surface area contributed by atoms with Crippen molar-refractivity contribution in [3.8, 4) is 0 Å². The number of carbonyl (C=O) groups excluding carboxylic acids is 1. The second kappa shape index (κ2) is 5.03. The van der Waals surface area contributed by atoms with Crippen LogP contribution in [0.1, 0.15) is 21.5 Å². The Morgan fingerprint density at radius 3 is 2.94 bits per heavy atom. The fourth-order valence-electron chi connectivity index (χ4n) is 2.04. The molecule has 98 valence electrons. The van der Waals surface area contributed by atoms with Gasteiger partial charge >= 0.3 is 0 Å². The van der Waals surface area contributed by atoms with E-state index >= 15 is 0 Å². The molecule has 1 aliphatic rings. The van der Waals surface area contributed by atoms with E-state index < -0.39 is 4.92 Å². The van der Waals surface area contributed by atoms with Crippen molar-refractivity contribution in [2.24, 2.45) is 0 Å². The van der Waals surface area contributed by atoms with Crippen molar-refractivity contribution >= 4 is 22.9 Å². The molecule has 7 heteroatoms. The van der Waals surface area contributed by atoms with Gasteiger partial charge in [0.1, 0.15) is 0 Å². The molecular formula is C11H15N3O3S. The van der Waals surface area contributed by atoms with Crippen LogP contribution in [0.15, 0.2) is 6.07 Å². The zero-order chi connectivity index (χ0) is 13.3. The molecular weight excluding hydrogens is 254 g/mol. The third kappa shape index (κ3) is 2.37. The molecule has 1 aromatic heterocycles. The van der Waals surface area contributed by atoms with Gasteiger partial charge < -0.3 is 10.2 Å². The van der Waals surface area contributed by atoms with E-state index in [0.29, 0.717) is 16.3 Å². The Hall–Kier alpha value is -1.47. The second-order valence-corrected chi connectivity index (χ2v) is 5.62. The first kappa shape index (κ1) is 13.0. The Morgan fingerprint density at radius 2 is 2.39 bits per heavy atom. The lowest BCUT2D eigenvalue weighted by molar-refractivity contribution is -0.385.